The molecular weight excluding hydrogens is 316 g/mol. The van der Waals surface area contributed by atoms with E-state index < -0.39 is 5.69 Å². The summed E-state index contributed by atoms with van der Waals surface area (Å²) in [7, 11) is 0. The van der Waals surface area contributed by atoms with Crippen LogP contribution in [0.5, 0.6) is 0 Å². The van der Waals surface area contributed by atoms with E-state index in [0.29, 0.717) is 23.1 Å². The molecule has 2 aliphatic heterocycles. The highest BCUT2D eigenvalue weighted by atomic mass is 35.5. The second-order valence-corrected chi connectivity index (χ2v) is 6.05. The van der Waals surface area contributed by atoms with Crippen molar-refractivity contribution in [2.24, 2.45) is 0 Å². The first-order chi connectivity index (χ1) is 11.1. The zero-order valence-electron chi connectivity index (χ0n) is 12.1. The van der Waals surface area contributed by atoms with Gasteiger partial charge >= 0.3 is 5.69 Å². The maximum absolute atomic E-state index is 12.6. The lowest BCUT2D eigenvalue weighted by Crippen LogP contribution is -2.37. The van der Waals surface area contributed by atoms with E-state index in [0.717, 1.165) is 18.4 Å². The van der Waals surface area contributed by atoms with Crippen LogP contribution in [0.15, 0.2) is 46.2 Å². The number of aromatic nitrogens is 4. The lowest BCUT2D eigenvalue weighted by atomic mass is 10.2. The second-order valence-electron chi connectivity index (χ2n) is 5.66. The van der Waals surface area contributed by atoms with E-state index in [2.05, 4.69) is 9.97 Å². The van der Waals surface area contributed by atoms with E-state index in [9.17, 15) is 9.59 Å². The summed E-state index contributed by atoms with van der Waals surface area (Å²) in [6.45, 7) is 0.459. The third-order valence-corrected chi connectivity index (χ3v) is 4.18. The van der Waals surface area contributed by atoms with E-state index in [1.165, 1.54) is 4.57 Å². The van der Waals surface area contributed by atoms with Crippen molar-refractivity contribution in [3.8, 4) is 11.4 Å². The zero-order valence-corrected chi connectivity index (χ0v) is 12.9. The molecule has 6 nitrogen and oxygen atoms in total. The molecular formula is C16H13ClN4O2. The molecule has 1 aromatic heterocycles. The van der Waals surface area contributed by atoms with Crippen LogP contribution in [-0.2, 0) is 6.54 Å². The topological polar surface area (TPSA) is 69.8 Å². The first-order valence-corrected chi connectivity index (χ1v) is 7.73. The van der Waals surface area contributed by atoms with Gasteiger partial charge in [-0.25, -0.2) is 9.78 Å². The third-order valence-electron chi connectivity index (χ3n) is 3.95. The molecule has 0 atom stereocenters. The molecule has 7 heteroatoms. The van der Waals surface area contributed by atoms with Crippen LogP contribution in [0.4, 0.5) is 0 Å². The Hall–Kier alpha value is -2.47. The molecule has 1 saturated carbocycles. The van der Waals surface area contributed by atoms with Crippen molar-refractivity contribution in [1.82, 2.24) is 19.1 Å². The Kier molecular flexibility index (Phi) is 3.27. The molecule has 3 heterocycles. The van der Waals surface area contributed by atoms with Crippen LogP contribution in [0, 0.1) is 0 Å². The highest BCUT2D eigenvalue weighted by molar-refractivity contribution is 6.29. The highest BCUT2D eigenvalue weighted by Gasteiger charge is 2.29. The summed E-state index contributed by atoms with van der Waals surface area (Å²) in [5, 5.41) is 0.420. The van der Waals surface area contributed by atoms with Crippen molar-refractivity contribution in [2.45, 2.75) is 25.4 Å². The van der Waals surface area contributed by atoms with Gasteiger partial charge in [0.25, 0.3) is 5.56 Å². The number of rotatable bonds is 3. The Morgan fingerprint density at radius 3 is 2.74 bits per heavy atom. The smallest absolute Gasteiger partial charge is 0.328 e. The predicted octanol–water partition coefficient (Wildman–Crippen LogP) is 1.94. The van der Waals surface area contributed by atoms with Crippen molar-refractivity contribution in [1.29, 1.82) is 0 Å². The summed E-state index contributed by atoms with van der Waals surface area (Å²) < 4.78 is 3.05. The zero-order chi connectivity index (χ0) is 16.0. The molecule has 0 unspecified atom stereocenters. The summed E-state index contributed by atoms with van der Waals surface area (Å²) >= 11 is 5.79. The van der Waals surface area contributed by atoms with Crippen LogP contribution in [0.2, 0.25) is 5.15 Å². The fourth-order valence-corrected chi connectivity index (χ4v) is 2.79. The van der Waals surface area contributed by atoms with E-state index in [1.54, 1.807) is 35.2 Å². The predicted molar refractivity (Wildman–Crippen MR) is 86.0 cm³/mol. The van der Waals surface area contributed by atoms with Crippen molar-refractivity contribution < 1.29 is 0 Å². The molecule has 0 N–H and O–H groups in total. The number of halogens is 1. The molecule has 116 valence electrons. The second kappa shape index (κ2) is 5.31. The Labute approximate surface area is 136 Å². The maximum Gasteiger partial charge on any atom is 0.352 e. The average Bonchev–Trinajstić information content (AvgIpc) is 3.35. The van der Waals surface area contributed by atoms with Gasteiger partial charge in [0.05, 0.1) is 12.1 Å². The van der Waals surface area contributed by atoms with Gasteiger partial charge in [-0.1, -0.05) is 17.7 Å². The quantitative estimate of drug-likeness (QED) is 0.689. The fourth-order valence-electron chi connectivity index (χ4n) is 2.67. The summed E-state index contributed by atoms with van der Waals surface area (Å²) in [6, 6.07) is 7.07. The van der Waals surface area contributed by atoms with Gasteiger partial charge in [-0.15, -0.1) is 0 Å². The molecule has 3 aliphatic rings. The molecule has 0 bridgehead atoms. The van der Waals surface area contributed by atoms with Crippen molar-refractivity contribution >= 4 is 11.6 Å². The number of hydrogen-bond acceptors (Lipinski definition) is 4. The lowest BCUT2D eigenvalue weighted by Gasteiger charge is -2.15. The van der Waals surface area contributed by atoms with Gasteiger partial charge < -0.3 is 4.57 Å². The number of hydrogen-bond donors (Lipinski definition) is 0. The summed E-state index contributed by atoms with van der Waals surface area (Å²) in [4.78, 5) is 32.9. The third kappa shape index (κ3) is 2.55. The van der Waals surface area contributed by atoms with Crippen LogP contribution < -0.4 is 11.2 Å². The fraction of sp³-hybridized carbons (Fsp3) is 0.250. The normalized spacial score (nSPS) is 14.3. The van der Waals surface area contributed by atoms with Crippen molar-refractivity contribution in [3.05, 3.63) is 68.2 Å². The van der Waals surface area contributed by atoms with Gasteiger partial charge in [-0.3, -0.25) is 9.36 Å². The van der Waals surface area contributed by atoms with Gasteiger partial charge in [-0.2, -0.15) is 4.98 Å². The van der Waals surface area contributed by atoms with Gasteiger partial charge in [0, 0.05) is 18.4 Å². The molecule has 0 aromatic carbocycles. The highest BCUT2D eigenvalue weighted by Crippen LogP contribution is 2.32. The first-order valence-electron chi connectivity index (χ1n) is 7.35. The van der Waals surface area contributed by atoms with Gasteiger partial charge in [0.1, 0.15) is 5.15 Å². The van der Waals surface area contributed by atoms with Crippen LogP contribution in [-0.4, -0.2) is 19.1 Å². The van der Waals surface area contributed by atoms with Crippen LogP contribution in [0.1, 0.15) is 24.4 Å². The van der Waals surface area contributed by atoms with Crippen LogP contribution >= 0.6 is 11.6 Å². The minimum absolute atomic E-state index is 0.0148. The van der Waals surface area contributed by atoms with E-state index in [1.807, 2.05) is 6.07 Å². The molecule has 0 spiro atoms. The molecule has 0 radical (unpaired) electrons. The van der Waals surface area contributed by atoms with E-state index in [-0.39, 0.29) is 11.6 Å². The molecule has 0 saturated heterocycles. The monoisotopic (exact) mass is 328 g/mol. The number of fused-ring (bicyclic) bond motifs is 1. The van der Waals surface area contributed by atoms with Crippen LogP contribution in [0.3, 0.4) is 0 Å². The molecule has 1 aliphatic carbocycles. The Morgan fingerprint density at radius 2 is 2.04 bits per heavy atom. The Morgan fingerprint density at radius 1 is 1.22 bits per heavy atom. The molecule has 1 aromatic rings. The van der Waals surface area contributed by atoms with Crippen molar-refractivity contribution in [3.63, 3.8) is 0 Å². The van der Waals surface area contributed by atoms with Gasteiger partial charge in [-0.05, 0) is 36.6 Å². The lowest BCUT2D eigenvalue weighted by molar-refractivity contribution is 0.643. The van der Waals surface area contributed by atoms with Gasteiger partial charge in [0.15, 0.2) is 5.82 Å². The molecule has 0 amide bonds. The standard InChI is InChI=1S/C16H13ClN4O2/c17-13-6-3-10(8-18-13)9-20-7-1-2-12-14(20)19-16(23)21(15(12)22)11-4-5-11/h1-3,6-8,11H,4-5,9H2. The SMILES string of the molecule is O=c1nc2n(Cc3ccc(Cl)nc3)cccc-2c(=O)n1C1CC1. The van der Waals surface area contributed by atoms with Crippen molar-refractivity contribution in [2.75, 3.05) is 0 Å². The number of pyridine rings is 2. The number of nitrogens with zero attached hydrogens (tertiary/aromatic N) is 4. The summed E-state index contributed by atoms with van der Waals surface area (Å²) in [5.74, 6) is 0.398. The average molecular weight is 329 g/mol. The Balaban J connectivity index is 1.83. The minimum Gasteiger partial charge on any atom is -0.328 e. The van der Waals surface area contributed by atoms with Gasteiger partial charge in [0.2, 0.25) is 0 Å². The van der Waals surface area contributed by atoms with E-state index >= 15 is 0 Å². The Bertz CT molecular complexity index is 957. The molecule has 1 fully saturated rings. The molecule has 4 rings (SSSR count). The summed E-state index contributed by atoms with van der Waals surface area (Å²) in [5.41, 5.74) is 0.638. The first kappa shape index (κ1) is 14.1. The largest absolute Gasteiger partial charge is 0.352 e. The maximum atomic E-state index is 12.6. The summed E-state index contributed by atoms with van der Waals surface area (Å²) in [6.07, 6.45) is 5.19. The minimum atomic E-state index is -0.473. The van der Waals surface area contributed by atoms with E-state index in [4.69, 9.17) is 11.6 Å². The van der Waals surface area contributed by atoms with Crippen LogP contribution in [0.25, 0.3) is 11.4 Å². The molecule has 23 heavy (non-hydrogen) atoms.